The molecule has 0 bridgehead atoms. The van der Waals surface area contributed by atoms with Crippen LogP contribution in [0, 0.1) is 5.82 Å². The van der Waals surface area contributed by atoms with E-state index in [-0.39, 0.29) is 29.3 Å². The number of rotatable bonds is 3. The van der Waals surface area contributed by atoms with E-state index < -0.39 is 0 Å². The SMILES string of the molecule is Nc1nccnc1C(=O)NC1CCc2nnc(-c3ccc(F)cc3)n2C1. The lowest BCUT2D eigenvalue weighted by Crippen LogP contribution is -2.41. The fourth-order valence-corrected chi connectivity index (χ4v) is 3.03. The number of nitrogens with one attached hydrogen (secondary N) is 1. The third kappa shape index (κ3) is 2.99. The molecule has 3 aromatic rings. The first-order valence-corrected chi connectivity index (χ1v) is 8.17. The Hall–Kier alpha value is -3.36. The van der Waals surface area contributed by atoms with E-state index in [2.05, 4.69) is 25.5 Å². The van der Waals surface area contributed by atoms with E-state index in [0.29, 0.717) is 18.8 Å². The zero-order chi connectivity index (χ0) is 18.1. The monoisotopic (exact) mass is 353 g/mol. The number of nitrogen functional groups attached to an aromatic ring is 1. The number of benzene rings is 1. The van der Waals surface area contributed by atoms with Gasteiger partial charge in [-0.05, 0) is 30.7 Å². The third-order valence-electron chi connectivity index (χ3n) is 4.33. The van der Waals surface area contributed by atoms with Gasteiger partial charge in [0.05, 0.1) is 0 Å². The summed E-state index contributed by atoms with van der Waals surface area (Å²) < 4.78 is 15.1. The number of nitrogens with zero attached hydrogens (tertiary/aromatic N) is 5. The van der Waals surface area contributed by atoms with Crippen LogP contribution in [0.3, 0.4) is 0 Å². The maximum atomic E-state index is 13.2. The standard InChI is InChI=1S/C17H16FN7O/c18-11-3-1-10(2-4-11)16-24-23-13-6-5-12(9-25(13)16)22-17(26)14-15(19)21-8-7-20-14/h1-4,7-8,12H,5-6,9H2,(H2,19,21)(H,22,26). The van der Waals surface area contributed by atoms with Crippen LogP contribution in [0.2, 0.25) is 0 Å². The number of carbonyl (C=O) groups is 1. The highest BCUT2D eigenvalue weighted by Gasteiger charge is 2.26. The van der Waals surface area contributed by atoms with Crippen molar-refractivity contribution in [1.82, 2.24) is 30.0 Å². The summed E-state index contributed by atoms with van der Waals surface area (Å²) in [5.41, 5.74) is 6.59. The molecule has 0 fully saturated rings. The van der Waals surface area contributed by atoms with Gasteiger partial charge in [0.15, 0.2) is 17.3 Å². The van der Waals surface area contributed by atoms with Crippen molar-refractivity contribution in [1.29, 1.82) is 0 Å². The van der Waals surface area contributed by atoms with Gasteiger partial charge in [0, 0.05) is 37.0 Å². The molecule has 1 amide bonds. The smallest absolute Gasteiger partial charge is 0.273 e. The van der Waals surface area contributed by atoms with Crippen molar-refractivity contribution >= 4 is 11.7 Å². The fourth-order valence-electron chi connectivity index (χ4n) is 3.03. The minimum atomic E-state index is -0.361. The van der Waals surface area contributed by atoms with E-state index in [9.17, 15) is 9.18 Å². The maximum Gasteiger partial charge on any atom is 0.273 e. The molecule has 1 aliphatic rings. The molecule has 0 radical (unpaired) electrons. The molecule has 3 heterocycles. The van der Waals surface area contributed by atoms with E-state index in [1.54, 1.807) is 12.1 Å². The topological polar surface area (TPSA) is 112 Å². The van der Waals surface area contributed by atoms with Gasteiger partial charge in [-0.25, -0.2) is 14.4 Å². The van der Waals surface area contributed by atoms with Crippen molar-refractivity contribution in [2.45, 2.75) is 25.4 Å². The van der Waals surface area contributed by atoms with Gasteiger partial charge in [-0.2, -0.15) is 0 Å². The fraction of sp³-hybridized carbons (Fsp3) is 0.235. The van der Waals surface area contributed by atoms with Crippen LogP contribution in [0.25, 0.3) is 11.4 Å². The van der Waals surface area contributed by atoms with Crippen molar-refractivity contribution in [3.05, 3.63) is 54.0 Å². The Morgan fingerprint density at radius 3 is 2.73 bits per heavy atom. The highest BCUT2D eigenvalue weighted by Crippen LogP contribution is 2.23. The van der Waals surface area contributed by atoms with Crippen LogP contribution in [0.1, 0.15) is 22.7 Å². The number of aromatic nitrogens is 5. The molecule has 0 spiro atoms. The summed E-state index contributed by atoms with van der Waals surface area (Å²) in [7, 11) is 0. The van der Waals surface area contributed by atoms with Crippen LogP contribution in [0.15, 0.2) is 36.7 Å². The van der Waals surface area contributed by atoms with Gasteiger partial charge in [0.1, 0.15) is 11.6 Å². The summed E-state index contributed by atoms with van der Waals surface area (Å²) in [5, 5.41) is 11.4. The number of anilines is 1. The van der Waals surface area contributed by atoms with Gasteiger partial charge >= 0.3 is 0 Å². The molecule has 4 rings (SSSR count). The Labute approximate surface area is 148 Å². The van der Waals surface area contributed by atoms with Crippen molar-refractivity contribution in [2.75, 3.05) is 5.73 Å². The number of nitrogens with two attached hydrogens (primary N) is 1. The van der Waals surface area contributed by atoms with Crippen LogP contribution >= 0.6 is 0 Å². The van der Waals surface area contributed by atoms with E-state index >= 15 is 0 Å². The number of fused-ring (bicyclic) bond motifs is 1. The first kappa shape index (κ1) is 16.1. The van der Waals surface area contributed by atoms with Gasteiger partial charge in [0.2, 0.25) is 0 Å². The average Bonchev–Trinajstić information content (AvgIpc) is 3.06. The summed E-state index contributed by atoms with van der Waals surface area (Å²) in [6, 6.07) is 5.97. The molecule has 2 aromatic heterocycles. The predicted molar refractivity (Wildman–Crippen MR) is 91.4 cm³/mol. The lowest BCUT2D eigenvalue weighted by Gasteiger charge is -2.25. The number of hydrogen-bond acceptors (Lipinski definition) is 6. The molecule has 0 aliphatic carbocycles. The second-order valence-electron chi connectivity index (χ2n) is 6.06. The van der Waals surface area contributed by atoms with E-state index in [4.69, 9.17) is 5.73 Å². The highest BCUT2D eigenvalue weighted by molar-refractivity contribution is 5.96. The summed E-state index contributed by atoms with van der Waals surface area (Å²) in [5.74, 6) is 0.920. The molecular formula is C17H16FN7O. The number of carbonyl (C=O) groups excluding carboxylic acids is 1. The summed E-state index contributed by atoms with van der Waals surface area (Å²) >= 11 is 0. The normalized spacial score (nSPS) is 16.1. The largest absolute Gasteiger partial charge is 0.382 e. The predicted octanol–water partition coefficient (Wildman–Crippen LogP) is 1.20. The van der Waals surface area contributed by atoms with Gasteiger partial charge in [-0.15, -0.1) is 10.2 Å². The first-order valence-electron chi connectivity index (χ1n) is 8.17. The number of halogens is 1. The Morgan fingerprint density at radius 1 is 1.19 bits per heavy atom. The lowest BCUT2D eigenvalue weighted by molar-refractivity contribution is 0.0923. The maximum absolute atomic E-state index is 13.2. The van der Waals surface area contributed by atoms with E-state index in [1.165, 1.54) is 24.5 Å². The van der Waals surface area contributed by atoms with Gasteiger partial charge < -0.3 is 15.6 Å². The molecule has 8 nitrogen and oxygen atoms in total. The Balaban J connectivity index is 1.54. The second kappa shape index (κ2) is 6.51. The van der Waals surface area contributed by atoms with Crippen LogP contribution in [0.4, 0.5) is 10.2 Å². The molecule has 0 saturated carbocycles. The summed E-state index contributed by atoms with van der Waals surface area (Å²) in [4.78, 5) is 20.3. The first-order chi connectivity index (χ1) is 12.6. The molecule has 26 heavy (non-hydrogen) atoms. The molecule has 132 valence electrons. The lowest BCUT2D eigenvalue weighted by atomic mass is 10.1. The molecule has 1 aliphatic heterocycles. The molecular weight excluding hydrogens is 337 g/mol. The Kier molecular flexibility index (Phi) is 4.04. The Morgan fingerprint density at radius 2 is 1.96 bits per heavy atom. The molecule has 1 atom stereocenters. The van der Waals surface area contributed by atoms with Crippen molar-refractivity contribution < 1.29 is 9.18 Å². The van der Waals surface area contributed by atoms with Crippen molar-refractivity contribution in [2.24, 2.45) is 0 Å². The van der Waals surface area contributed by atoms with Crippen molar-refractivity contribution in [3.63, 3.8) is 0 Å². The zero-order valence-electron chi connectivity index (χ0n) is 13.8. The average molecular weight is 353 g/mol. The second-order valence-corrected chi connectivity index (χ2v) is 6.06. The van der Waals surface area contributed by atoms with Gasteiger partial charge in [-0.1, -0.05) is 0 Å². The molecule has 1 unspecified atom stereocenters. The number of amides is 1. The molecule has 0 saturated heterocycles. The molecule has 1 aromatic carbocycles. The van der Waals surface area contributed by atoms with E-state index in [0.717, 1.165) is 17.8 Å². The number of hydrogen-bond donors (Lipinski definition) is 2. The van der Waals surface area contributed by atoms with Crippen LogP contribution in [0.5, 0.6) is 0 Å². The van der Waals surface area contributed by atoms with Crippen LogP contribution in [-0.4, -0.2) is 36.7 Å². The van der Waals surface area contributed by atoms with Gasteiger partial charge in [-0.3, -0.25) is 4.79 Å². The minimum Gasteiger partial charge on any atom is -0.382 e. The van der Waals surface area contributed by atoms with Crippen LogP contribution in [-0.2, 0) is 13.0 Å². The van der Waals surface area contributed by atoms with E-state index in [1.807, 2.05) is 4.57 Å². The summed E-state index contributed by atoms with van der Waals surface area (Å²) in [6.45, 7) is 0.515. The van der Waals surface area contributed by atoms with Crippen molar-refractivity contribution in [3.8, 4) is 11.4 Å². The minimum absolute atomic E-state index is 0.0952. The van der Waals surface area contributed by atoms with Gasteiger partial charge in [0.25, 0.3) is 5.91 Å². The summed E-state index contributed by atoms with van der Waals surface area (Å²) in [6.07, 6.45) is 4.27. The molecule has 9 heteroatoms. The zero-order valence-corrected chi connectivity index (χ0v) is 13.8. The van der Waals surface area contributed by atoms with Crippen LogP contribution < -0.4 is 11.1 Å². The highest BCUT2D eigenvalue weighted by atomic mass is 19.1. The number of aryl methyl sites for hydroxylation is 1. The third-order valence-corrected chi connectivity index (χ3v) is 4.33. The quantitative estimate of drug-likeness (QED) is 0.732. The molecule has 3 N–H and O–H groups in total. The Bertz CT molecular complexity index is 954.